The maximum Gasteiger partial charge on any atom is 0.185 e. The van der Waals surface area contributed by atoms with Crippen molar-refractivity contribution in [2.24, 2.45) is 0 Å². The molecule has 0 aliphatic heterocycles. The summed E-state index contributed by atoms with van der Waals surface area (Å²) >= 11 is 1.36. The van der Waals surface area contributed by atoms with E-state index in [1.54, 1.807) is 6.92 Å². The number of thioether (sulfide) groups is 1. The fourth-order valence-corrected chi connectivity index (χ4v) is 2.21. The van der Waals surface area contributed by atoms with Gasteiger partial charge in [0.2, 0.25) is 0 Å². The van der Waals surface area contributed by atoms with Gasteiger partial charge in [-0.2, -0.15) is 0 Å². The summed E-state index contributed by atoms with van der Waals surface area (Å²) < 4.78 is 0. The molecule has 2 rings (SSSR count). The van der Waals surface area contributed by atoms with Gasteiger partial charge in [0.15, 0.2) is 5.12 Å². The van der Waals surface area contributed by atoms with E-state index in [9.17, 15) is 4.79 Å². The quantitative estimate of drug-likeness (QED) is 0.778. The van der Waals surface area contributed by atoms with Crippen LogP contribution < -0.4 is 0 Å². The van der Waals surface area contributed by atoms with Gasteiger partial charge in [0.1, 0.15) is 0 Å². The van der Waals surface area contributed by atoms with E-state index in [0.29, 0.717) is 0 Å². The van der Waals surface area contributed by atoms with Gasteiger partial charge >= 0.3 is 0 Å². The second-order valence-electron chi connectivity index (χ2n) is 3.99. The molecule has 0 saturated carbocycles. The molecule has 0 bridgehead atoms. The van der Waals surface area contributed by atoms with Crippen molar-refractivity contribution in [1.29, 1.82) is 0 Å². The van der Waals surface area contributed by atoms with Crippen molar-refractivity contribution in [3.63, 3.8) is 0 Å². The highest BCUT2D eigenvalue weighted by Gasteiger charge is 1.94. The molecule has 0 aliphatic rings. The molecular weight excluding hydrogens is 242 g/mol. The van der Waals surface area contributed by atoms with Gasteiger partial charge < -0.3 is 0 Å². The smallest absolute Gasteiger partial charge is 0.185 e. The second-order valence-corrected chi connectivity index (χ2v) is 5.26. The summed E-state index contributed by atoms with van der Waals surface area (Å²) in [4.78, 5) is 15.1. The van der Waals surface area contributed by atoms with Crippen LogP contribution in [0.25, 0.3) is 17.0 Å². The van der Waals surface area contributed by atoms with Gasteiger partial charge in [0, 0.05) is 24.3 Å². The summed E-state index contributed by atoms with van der Waals surface area (Å²) in [6.07, 6.45) is 6.91. The first kappa shape index (κ1) is 12.8. The summed E-state index contributed by atoms with van der Waals surface area (Å²) in [6, 6.07) is 10.2. The van der Waals surface area contributed by atoms with Crippen LogP contribution in [0, 0.1) is 0 Å². The molecule has 1 heterocycles. The largest absolute Gasteiger partial charge is 0.288 e. The Hall–Kier alpha value is -1.61. The molecule has 0 atom stereocenters. The molecule has 92 valence electrons. The molecule has 18 heavy (non-hydrogen) atoms. The molecule has 0 aliphatic carbocycles. The van der Waals surface area contributed by atoms with Crippen LogP contribution in [0.2, 0.25) is 0 Å². The number of carbonyl (C=O) groups excluding carboxylic acids is 1. The Balaban J connectivity index is 1.99. The van der Waals surface area contributed by atoms with Gasteiger partial charge in [0.05, 0.1) is 5.52 Å². The summed E-state index contributed by atoms with van der Waals surface area (Å²) in [6.45, 7) is 1.60. The molecule has 0 radical (unpaired) electrons. The minimum absolute atomic E-state index is 0.177. The number of rotatable bonds is 4. The van der Waals surface area contributed by atoms with Crippen molar-refractivity contribution in [3.8, 4) is 0 Å². The molecule has 2 nitrogen and oxygen atoms in total. The Labute approximate surface area is 111 Å². The highest BCUT2D eigenvalue weighted by molar-refractivity contribution is 8.13. The van der Waals surface area contributed by atoms with Crippen LogP contribution >= 0.6 is 11.8 Å². The number of allylic oxidation sites excluding steroid dienone is 1. The maximum absolute atomic E-state index is 10.8. The number of pyridine rings is 1. The third-order valence-corrected chi connectivity index (χ3v) is 3.36. The average Bonchev–Trinajstić information content (AvgIpc) is 2.38. The van der Waals surface area contributed by atoms with Crippen LogP contribution in [0.3, 0.4) is 0 Å². The van der Waals surface area contributed by atoms with E-state index in [-0.39, 0.29) is 5.12 Å². The third-order valence-electron chi connectivity index (χ3n) is 2.51. The van der Waals surface area contributed by atoms with E-state index in [2.05, 4.69) is 29.3 Å². The van der Waals surface area contributed by atoms with Crippen LogP contribution in [0.15, 0.2) is 42.6 Å². The van der Waals surface area contributed by atoms with Gasteiger partial charge in [-0.15, -0.1) is 0 Å². The van der Waals surface area contributed by atoms with Gasteiger partial charge in [-0.05, 0) is 24.1 Å². The van der Waals surface area contributed by atoms with Crippen molar-refractivity contribution in [3.05, 3.63) is 48.2 Å². The number of hydrogen-bond donors (Lipinski definition) is 0. The maximum atomic E-state index is 10.8. The Morgan fingerprint density at radius 3 is 3.06 bits per heavy atom. The Bertz CT molecular complexity index is 577. The molecule has 1 aromatic carbocycles. The first-order valence-electron chi connectivity index (χ1n) is 5.90. The molecule has 0 unspecified atom stereocenters. The number of nitrogens with zero attached hydrogens (tertiary/aromatic N) is 1. The lowest BCUT2D eigenvalue weighted by atomic mass is 10.1. The van der Waals surface area contributed by atoms with E-state index in [1.165, 1.54) is 11.8 Å². The number of fused-ring (bicyclic) bond motifs is 1. The van der Waals surface area contributed by atoms with Crippen LogP contribution in [-0.2, 0) is 4.79 Å². The molecule has 0 fully saturated rings. The average molecular weight is 257 g/mol. The van der Waals surface area contributed by atoms with Crippen molar-refractivity contribution in [2.45, 2.75) is 13.3 Å². The summed E-state index contributed by atoms with van der Waals surface area (Å²) in [5.74, 6) is 0.840. The van der Waals surface area contributed by atoms with E-state index in [1.807, 2.05) is 24.4 Å². The number of para-hydroxylation sites is 1. The third kappa shape index (κ3) is 3.70. The fourth-order valence-electron chi connectivity index (χ4n) is 1.67. The van der Waals surface area contributed by atoms with Gasteiger partial charge in [-0.25, -0.2) is 0 Å². The normalized spacial score (nSPS) is 11.2. The minimum Gasteiger partial charge on any atom is -0.288 e. The zero-order chi connectivity index (χ0) is 12.8. The van der Waals surface area contributed by atoms with Gasteiger partial charge in [-0.1, -0.05) is 42.1 Å². The number of carbonyl (C=O) groups is 1. The second kappa shape index (κ2) is 6.36. The summed E-state index contributed by atoms with van der Waals surface area (Å²) in [5, 5.41) is 1.33. The minimum atomic E-state index is 0.177. The SMILES string of the molecule is CC(=O)SCCC=Cc1cnc2ccccc2c1. The standard InChI is InChI=1S/C15H15NOS/c1-12(17)18-9-5-4-6-13-10-14-7-2-3-8-15(14)16-11-13/h2-4,6-8,10-11H,5,9H2,1H3. The van der Waals surface area contributed by atoms with E-state index >= 15 is 0 Å². The Morgan fingerprint density at radius 1 is 1.39 bits per heavy atom. The van der Waals surface area contributed by atoms with Gasteiger partial charge in [-0.3, -0.25) is 9.78 Å². The van der Waals surface area contributed by atoms with Crippen molar-refractivity contribution < 1.29 is 4.79 Å². The monoisotopic (exact) mass is 257 g/mol. The zero-order valence-electron chi connectivity index (χ0n) is 10.3. The number of benzene rings is 1. The van der Waals surface area contributed by atoms with E-state index < -0.39 is 0 Å². The van der Waals surface area contributed by atoms with Crippen molar-refractivity contribution in [2.75, 3.05) is 5.75 Å². The highest BCUT2D eigenvalue weighted by Crippen LogP contribution is 2.14. The molecule has 0 saturated heterocycles. The number of hydrogen-bond acceptors (Lipinski definition) is 3. The molecule has 0 spiro atoms. The molecular formula is C15H15NOS. The Morgan fingerprint density at radius 2 is 2.22 bits per heavy atom. The van der Waals surface area contributed by atoms with Crippen molar-refractivity contribution in [1.82, 2.24) is 4.98 Å². The van der Waals surface area contributed by atoms with E-state index in [0.717, 1.165) is 28.6 Å². The zero-order valence-corrected chi connectivity index (χ0v) is 11.1. The molecule has 0 N–H and O–H groups in total. The summed E-state index contributed by atoms with van der Waals surface area (Å²) in [7, 11) is 0. The topological polar surface area (TPSA) is 30.0 Å². The molecule has 3 heteroatoms. The fraction of sp³-hybridized carbons (Fsp3) is 0.200. The Kier molecular flexibility index (Phi) is 4.53. The predicted octanol–water partition coefficient (Wildman–Crippen LogP) is 3.92. The highest BCUT2D eigenvalue weighted by atomic mass is 32.2. The lowest BCUT2D eigenvalue weighted by Gasteiger charge is -1.98. The van der Waals surface area contributed by atoms with Crippen LogP contribution in [-0.4, -0.2) is 15.9 Å². The lowest BCUT2D eigenvalue weighted by Crippen LogP contribution is -1.84. The predicted molar refractivity (Wildman–Crippen MR) is 78.5 cm³/mol. The first-order chi connectivity index (χ1) is 8.75. The van der Waals surface area contributed by atoms with Crippen LogP contribution in [0.1, 0.15) is 18.9 Å². The van der Waals surface area contributed by atoms with Crippen molar-refractivity contribution >= 4 is 33.9 Å². The molecule has 1 aromatic heterocycles. The van der Waals surface area contributed by atoms with Gasteiger partial charge in [0.25, 0.3) is 0 Å². The number of aromatic nitrogens is 1. The first-order valence-corrected chi connectivity index (χ1v) is 6.89. The lowest BCUT2D eigenvalue weighted by molar-refractivity contribution is -0.109. The van der Waals surface area contributed by atoms with Crippen LogP contribution in [0.5, 0.6) is 0 Å². The molecule has 0 amide bonds. The van der Waals surface area contributed by atoms with E-state index in [4.69, 9.17) is 0 Å². The molecule has 2 aromatic rings. The van der Waals surface area contributed by atoms with Crippen LogP contribution in [0.4, 0.5) is 0 Å². The summed E-state index contributed by atoms with van der Waals surface area (Å²) in [5.41, 5.74) is 2.11.